The van der Waals surface area contributed by atoms with E-state index in [0.717, 1.165) is 0 Å². The van der Waals surface area contributed by atoms with Crippen LogP contribution in [0.2, 0.25) is 5.02 Å². The number of hydrazine groups is 1. The van der Waals surface area contributed by atoms with Crippen LogP contribution in [0, 0.1) is 0 Å². The summed E-state index contributed by atoms with van der Waals surface area (Å²) in [6, 6.07) is 11.5. The van der Waals surface area contributed by atoms with Crippen molar-refractivity contribution in [2.45, 2.75) is 0 Å². The van der Waals surface area contributed by atoms with Gasteiger partial charge < -0.3 is 9.47 Å². The smallest absolute Gasteiger partial charge is 0.337 e. The second kappa shape index (κ2) is 7.51. The van der Waals surface area contributed by atoms with Gasteiger partial charge in [-0.2, -0.15) is 0 Å². The number of carbonyl (C=O) groups is 2. The standard InChI is InChI=1S/C16H15ClN2O4/c1-22-15-9-13(7-8-14(15)17)19(10-20)18-12-5-3-11(4-6-12)16(21)23-2/h3-10,18H,1-2H3. The predicted octanol–water partition coefficient (Wildman–Crippen LogP) is 3.13. The van der Waals surface area contributed by atoms with E-state index >= 15 is 0 Å². The lowest BCUT2D eigenvalue weighted by molar-refractivity contribution is -0.107. The van der Waals surface area contributed by atoms with Crippen molar-refractivity contribution in [3.63, 3.8) is 0 Å². The number of rotatable bonds is 6. The van der Waals surface area contributed by atoms with Gasteiger partial charge in [0, 0.05) is 6.07 Å². The van der Waals surface area contributed by atoms with Crippen LogP contribution in [0.4, 0.5) is 11.4 Å². The topological polar surface area (TPSA) is 67.9 Å². The summed E-state index contributed by atoms with van der Waals surface area (Å²) >= 11 is 5.97. The number of methoxy groups -OCH3 is 2. The molecule has 0 radical (unpaired) electrons. The Bertz CT molecular complexity index is 704. The molecule has 0 atom stereocenters. The first kappa shape index (κ1) is 16.6. The predicted molar refractivity (Wildman–Crippen MR) is 88.0 cm³/mol. The number of anilines is 2. The molecule has 120 valence electrons. The number of amides is 1. The lowest BCUT2D eigenvalue weighted by Crippen LogP contribution is -2.28. The average molecular weight is 335 g/mol. The number of nitrogens with zero attached hydrogens (tertiary/aromatic N) is 1. The van der Waals surface area contributed by atoms with E-state index in [1.807, 2.05) is 0 Å². The molecule has 0 heterocycles. The normalized spacial score (nSPS) is 9.87. The maximum Gasteiger partial charge on any atom is 0.337 e. The van der Waals surface area contributed by atoms with Gasteiger partial charge in [-0.3, -0.25) is 10.2 Å². The number of nitrogens with one attached hydrogen (secondary N) is 1. The minimum absolute atomic E-state index is 0.420. The third-order valence-corrected chi connectivity index (χ3v) is 3.39. The maximum absolute atomic E-state index is 11.4. The van der Waals surface area contributed by atoms with E-state index in [0.29, 0.717) is 34.1 Å². The lowest BCUT2D eigenvalue weighted by atomic mass is 10.2. The highest BCUT2D eigenvalue weighted by Crippen LogP contribution is 2.29. The third kappa shape index (κ3) is 3.92. The van der Waals surface area contributed by atoms with Crippen molar-refractivity contribution in [2.24, 2.45) is 0 Å². The van der Waals surface area contributed by atoms with E-state index in [1.54, 1.807) is 42.5 Å². The van der Waals surface area contributed by atoms with E-state index in [9.17, 15) is 9.59 Å². The van der Waals surface area contributed by atoms with Gasteiger partial charge in [0.1, 0.15) is 5.75 Å². The van der Waals surface area contributed by atoms with Gasteiger partial charge in [0.05, 0.1) is 36.2 Å². The van der Waals surface area contributed by atoms with Crippen molar-refractivity contribution in [3.8, 4) is 5.75 Å². The van der Waals surface area contributed by atoms with Crippen molar-refractivity contribution in [2.75, 3.05) is 24.7 Å². The molecule has 0 unspecified atom stereocenters. The summed E-state index contributed by atoms with van der Waals surface area (Å²) in [5.74, 6) is 0.0325. The number of hydrogen-bond donors (Lipinski definition) is 1. The minimum atomic E-state index is -0.425. The fourth-order valence-electron chi connectivity index (χ4n) is 1.89. The zero-order chi connectivity index (χ0) is 16.8. The molecule has 0 spiro atoms. The molecule has 6 nitrogen and oxygen atoms in total. The van der Waals surface area contributed by atoms with Gasteiger partial charge in [-0.25, -0.2) is 9.80 Å². The van der Waals surface area contributed by atoms with Crippen molar-refractivity contribution < 1.29 is 19.1 Å². The quantitative estimate of drug-likeness (QED) is 0.499. The van der Waals surface area contributed by atoms with Gasteiger partial charge >= 0.3 is 5.97 Å². The van der Waals surface area contributed by atoms with E-state index < -0.39 is 5.97 Å². The molecule has 0 aliphatic carbocycles. The monoisotopic (exact) mass is 334 g/mol. The largest absolute Gasteiger partial charge is 0.495 e. The zero-order valence-electron chi connectivity index (χ0n) is 12.6. The second-order valence-electron chi connectivity index (χ2n) is 4.47. The minimum Gasteiger partial charge on any atom is -0.495 e. The van der Waals surface area contributed by atoms with Crippen molar-refractivity contribution in [3.05, 3.63) is 53.1 Å². The van der Waals surface area contributed by atoms with Crippen LogP contribution in [-0.2, 0) is 9.53 Å². The average Bonchev–Trinajstić information content (AvgIpc) is 2.60. The van der Waals surface area contributed by atoms with Crippen molar-refractivity contribution >= 4 is 35.4 Å². The van der Waals surface area contributed by atoms with Crippen LogP contribution in [0.15, 0.2) is 42.5 Å². The molecule has 0 bridgehead atoms. The summed E-state index contributed by atoms with van der Waals surface area (Å²) in [4.78, 5) is 22.7. The zero-order valence-corrected chi connectivity index (χ0v) is 13.3. The second-order valence-corrected chi connectivity index (χ2v) is 4.88. The van der Waals surface area contributed by atoms with Crippen LogP contribution in [-0.4, -0.2) is 26.6 Å². The van der Waals surface area contributed by atoms with Crippen LogP contribution >= 0.6 is 11.6 Å². The number of hydrogen-bond acceptors (Lipinski definition) is 5. The first-order valence-electron chi connectivity index (χ1n) is 6.62. The van der Waals surface area contributed by atoms with E-state index in [2.05, 4.69) is 10.2 Å². The summed E-state index contributed by atoms with van der Waals surface area (Å²) in [5, 5.41) is 1.72. The van der Waals surface area contributed by atoms with E-state index in [-0.39, 0.29) is 0 Å². The fourth-order valence-corrected chi connectivity index (χ4v) is 2.08. The Morgan fingerprint density at radius 1 is 1.17 bits per heavy atom. The summed E-state index contributed by atoms with van der Waals surface area (Å²) in [7, 11) is 2.81. The molecule has 0 saturated heterocycles. The van der Waals surface area contributed by atoms with Crippen LogP contribution < -0.4 is 15.2 Å². The molecular formula is C16H15ClN2O4. The Hall–Kier alpha value is -2.73. The Balaban J connectivity index is 2.19. The maximum atomic E-state index is 11.4. The van der Waals surface area contributed by atoms with Crippen LogP contribution in [0.25, 0.3) is 0 Å². The Morgan fingerprint density at radius 2 is 1.87 bits per heavy atom. The molecule has 2 aromatic rings. The Morgan fingerprint density at radius 3 is 2.43 bits per heavy atom. The highest BCUT2D eigenvalue weighted by atomic mass is 35.5. The highest BCUT2D eigenvalue weighted by molar-refractivity contribution is 6.32. The molecule has 7 heteroatoms. The molecule has 23 heavy (non-hydrogen) atoms. The van der Waals surface area contributed by atoms with E-state index in [1.165, 1.54) is 19.2 Å². The third-order valence-electron chi connectivity index (χ3n) is 3.07. The van der Waals surface area contributed by atoms with Crippen LogP contribution in [0.3, 0.4) is 0 Å². The van der Waals surface area contributed by atoms with Crippen molar-refractivity contribution in [1.29, 1.82) is 0 Å². The first-order valence-corrected chi connectivity index (χ1v) is 7.00. The number of benzene rings is 2. The molecule has 0 aromatic heterocycles. The molecule has 2 rings (SSSR count). The lowest BCUT2D eigenvalue weighted by Gasteiger charge is -2.20. The Kier molecular flexibility index (Phi) is 5.43. The van der Waals surface area contributed by atoms with Crippen molar-refractivity contribution in [1.82, 2.24) is 0 Å². The molecule has 1 amide bonds. The summed E-state index contributed by atoms with van der Waals surface area (Å²) in [6.07, 6.45) is 0.622. The molecule has 0 aliphatic heterocycles. The van der Waals surface area contributed by atoms with Gasteiger partial charge in [0.2, 0.25) is 6.41 Å². The van der Waals surface area contributed by atoms with E-state index in [4.69, 9.17) is 16.3 Å². The van der Waals surface area contributed by atoms with Gasteiger partial charge in [0.15, 0.2) is 0 Å². The number of halogens is 1. The van der Waals surface area contributed by atoms with Crippen LogP contribution in [0.1, 0.15) is 10.4 Å². The van der Waals surface area contributed by atoms with Crippen LogP contribution in [0.5, 0.6) is 5.75 Å². The van der Waals surface area contributed by atoms with Gasteiger partial charge in [-0.15, -0.1) is 0 Å². The number of esters is 1. The van der Waals surface area contributed by atoms with Gasteiger partial charge in [-0.1, -0.05) is 11.6 Å². The Labute approximate surface area is 138 Å². The number of carbonyl (C=O) groups excluding carboxylic acids is 2. The molecule has 0 aliphatic rings. The summed E-state index contributed by atoms with van der Waals surface area (Å²) < 4.78 is 9.76. The molecule has 2 aromatic carbocycles. The summed E-state index contributed by atoms with van der Waals surface area (Å²) in [5.41, 5.74) is 4.51. The molecule has 0 saturated carbocycles. The fraction of sp³-hybridized carbons (Fsp3) is 0.125. The number of ether oxygens (including phenoxy) is 2. The highest BCUT2D eigenvalue weighted by Gasteiger charge is 2.10. The SMILES string of the molecule is COC(=O)c1ccc(NN(C=O)c2ccc(Cl)c(OC)c2)cc1. The first-order chi connectivity index (χ1) is 11.1. The van der Waals surface area contributed by atoms with Gasteiger partial charge in [0.25, 0.3) is 0 Å². The molecule has 0 fully saturated rings. The molecule has 1 N–H and O–H groups in total. The molecular weight excluding hydrogens is 320 g/mol. The summed E-state index contributed by atoms with van der Waals surface area (Å²) in [6.45, 7) is 0. The van der Waals surface area contributed by atoms with Gasteiger partial charge in [-0.05, 0) is 36.4 Å².